The lowest BCUT2D eigenvalue weighted by molar-refractivity contribution is 0.198. The molecule has 0 saturated carbocycles. The molecule has 4 rings (SSSR count). The van der Waals surface area contributed by atoms with Gasteiger partial charge in [0.1, 0.15) is 11.6 Å². The van der Waals surface area contributed by atoms with Gasteiger partial charge in [-0.1, -0.05) is 12.1 Å². The summed E-state index contributed by atoms with van der Waals surface area (Å²) in [5, 5.41) is 0. The van der Waals surface area contributed by atoms with Crippen LogP contribution in [0.25, 0.3) is 5.82 Å². The molecule has 1 saturated heterocycles. The first kappa shape index (κ1) is 16.8. The molecule has 0 bridgehead atoms. The first-order chi connectivity index (χ1) is 12.7. The predicted octanol–water partition coefficient (Wildman–Crippen LogP) is 3.49. The molecule has 3 heterocycles. The Morgan fingerprint density at radius 3 is 2.65 bits per heavy atom. The van der Waals surface area contributed by atoms with Crippen LogP contribution in [-0.4, -0.2) is 37.5 Å². The third-order valence-corrected chi connectivity index (χ3v) is 4.97. The minimum Gasteiger partial charge on any atom is -0.298 e. The van der Waals surface area contributed by atoms with E-state index >= 15 is 0 Å². The Hall–Kier alpha value is -2.60. The van der Waals surface area contributed by atoms with E-state index in [1.807, 2.05) is 29.8 Å². The van der Waals surface area contributed by atoms with Crippen molar-refractivity contribution in [1.29, 1.82) is 0 Å². The van der Waals surface area contributed by atoms with Crippen LogP contribution in [0, 0.1) is 12.7 Å². The fraction of sp³-hybridized carbons (Fsp3) is 0.350. The summed E-state index contributed by atoms with van der Waals surface area (Å²) in [4.78, 5) is 16.0. The topological polar surface area (TPSA) is 46.8 Å². The number of benzene rings is 1. The van der Waals surface area contributed by atoms with E-state index in [0.717, 1.165) is 55.4 Å². The number of rotatable bonds is 4. The molecule has 2 aromatic heterocycles. The fourth-order valence-corrected chi connectivity index (χ4v) is 3.69. The highest BCUT2D eigenvalue weighted by atomic mass is 19.1. The van der Waals surface area contributed by atoms with Crippen LogP contribution in [0.4, 0.5) is 4.39 Å². The number of aromatic nitrogens is 4. The summed E-state index contributed by atoms with van der Waals surface area (Å²) in [5.74, 6) is 1.92. The first-order valence-corrected chi connectivity index (χ1v) is 8.99. The Morgan fingerprint density at radius 1 is 1.08 bits per heavy atom. The Kier molecular flexibility index (Phi) is 4.75. The van der Waals surface area contributed by atoms with E-state index < -0.39 is 0 Å². The molecule has 6 heteroatoms. The summed E-state index contributed by atoms with van der Waals surface area (Å²) in [5.41, 5.74) is 2.16. The number of aryl methyl sites for hydroxylation is 1. The van der Waals surface area contributed by atoms with Gasteiger partial charge in [-0.25, -0.2) is 14.4 Å². The van der Waals surface area contributed by atoms with Gasteiger partial charge in [0.15, 0.2) is 5.82 Å². The monoisotopic (exact) mass is 351 g/mol. The summed E-state index contributed by atoms with van der Waals surface area (Å²) in [7, 11) is 0. The van der Waals surface area contributed by atoms with Gasteiger partial charge in [0.05, 0.1) is 5.69 Å². The normalized spacial score (nSPS) is 18.2. The van der Waals surface area contributed by atoms with Gasteiger partial charge < -0.3 is 0 Å². The second-order valence-corrected chi connectivity index (χ2v) is 6.81. The van der Waals surface area contributed by atoms with Gasteiger partial charge >= 0.3 is 0 Å². The van der Waals surface area contributed by atoms with Crippen molar-refractivity contribution in [1.82, 2.24) is 24.4 Å². The van der Waals surface area contributed by atoms with Gasteiger partial charge in [0.2, 0.25) is 0 Å². The van der Waals surface area contributed by atoms with Gasteiger partial charge in [0.25, 0.3) is 0 Å². The smallest absolute Gasteiger partial charge is 0.160 e. The van der Waals surface area contributed by atoms with Gasteiger partial charge in [-0.15, -0.1) is 0 Å². The van der Waals surface area contributed by atoms with Gasteiger partial charge in [0, 0.05) is 43.8 Å². The molecule has 1 aliphatic heterocycles. The largest absolute Gasteiger partial charge is 0.298 e. The highest BCUT2D eigenvalue weighted by molar-refractivity contribution is 5.33. The van der Waals surface area contributed by atoms with E-state index in [4.69, 9.17) is 0 Å². The number of piperidine rings is 1. The summed E-state index contributed by atoms with van der Waals surface area (Å²) in [6, 6.07) is 6.78. The molecule has 0 N–H and O–H groups in total. The standard InChI is InChI=1S/C20H22FN5/c1-15-22-10-12-26(15)20-19(23-8-9-24-20)17-3-2-11-25(14-17)13-16-4-6-18(21)7-5-16/h4-10,12,17H,2-3,11,13-14H2,1H3/t17-/m1/s1. The van der Waals surface area contributed by atoms with Gasteiger partial charge in [-0.2, -0.15) is 0 Å². The molecule has 3 aromatic rings. The molecule has 1 aliphatic rings. The lowest BCUT2D eigenvalue weighted by Crippen LogP contribution is -2.34. The van der Waals surface area contributed by atoms with E-state index in [-0.39, 0.29) is 5.82 Å². The SMILES string of the molecule is Cc1nccn1-c1nccnc1[C@@H]1CCCN(Cc2ccc(F)cc2)C1. The maximum atomic E-state index is 13.1. The fourth-order valence-electron chi connectivity index (χ4n) is 3.69. The van der Waals surface area contributed by atoms with Crippen molar-refractivity contribution in [3.8, 4) is 5.82 Å². The molecule has 0 radical (unpaired) electrons. The van der Waals surface area contributed by atoms with Crippen molar-refractivity contribution in [2.75, 3.05) is 13.1 Å². The molecule has 5 nitrogen and oxygen atoms in total. The molecule has 0 spiro atoms. The number of imidazole rings is 1. The minimum absolute atomic E-state index is 0.190. The molecule has 1 fully saturated rings. The number of likely N-dealkylation sites (tertiary alicyclic amines) is 1. The maximum Gasteiger partial charge on any atom is 0.160 e. The lowest BCUT2D eigenvalue weighted by Gasteiger charge is -2.33. The summed E-state index contributed by atoms with van der Waals surface area (Å²) < 4.78 is 15.1. The van der Waals surface area contributed by atoms with Crippen LogP contribution >= 0.6 is 0 Å². The highest BCUT2D eigenvalue weighted by Gasteiger charge is 2.26. The van der Waals surface area contributed by atoms with E-state index in [1.165, 1.54) is 12.1 Å². The molecule has 26 heavy (non-hydrogen) atoms. The molecule has 1 atom stereocenters. The van der Waals surface area contributed by atoms with Crippen molar-refractivity contribution in [3.63, 3.8) is 0 Å². The second kappa shape index (κ2) is 7.33. The quantitative estimate of drug-likeness (QED) is 0.722. The van der Waals surface area contributed by atoms with E-state index in [0.29, 0.717) is 5.92 Å². The summed E-state index contributed by atoms with van der Waals surface area (Å²) in [6.45, 7) is 4.78. The van der Waals surface area contributed by atoms with Crippen molar-refractivity contribution < 1.29 is 4.39 Å². The first-order valence-electron chi connectivity index (χ1n) is 8.99. The number of halogens is 1. The highest BCUT2D eigenvalue weighted by Crippen LogP contribution is 2.29. The third kappa shape index (κ3) is 3.51. The molecule has 134 valence electrons. The van der Waals surface area contributed by atoms with Gasteiger partial charge in [-0.3, -0.25) is 14.5 Å². The average molecular weight is 351 g/mol. The van der Waals surface area contributed by atoms with Crippen LogP contribution in [-0.2, 0) is 6.54 Å². The lowest BCUT2D eigenvalue weighted by atomic mass is 9.94. The zero-order chi connectivity index (χ0) is 17.9. The van der Waals surface area contributed by atoms with Crippen molar-refractivity contribution in [3.05, 3.63) is 72.0 Å². The molecule has 0 amide bonds. The van der Waals surface area contributed by atoms with Crippen LogP contribution in [0.3, 0.4) is 0 Å². The maximum absolute atomic E-state index is 13.1. The Bertz CT molecular complexity index is 874. The number of hydrogen-bond donors (Lipinski definition) is 0. The van der Waals surface area contributed by atoms with E-state index in [1.54, 1.807) is 18.6 Å². The summed E-state index contributed by atoms with van der Waals surface area (Å²) in [6.07, 6.45) is 9.43. The van der Waals surface area contributed by atoms with Crippen molar-refractivity contribution in [2.45, 2.75) is 32.2 Å². The third-order valence-electron chi connectivity index (χ3n) is 4.97. The number of hydrogen-bond acceptors (Lipinski definition) is 4. The molecule has 0 unspecified atom stereocenters. The molecular weight excluding hydrogens is 329 g/mol. The Balaban J connectivity index is 1.55. The van der Waals surface area contributed by atoms with Crippen LogP contribution in [0.5, 0.6) is 0 Å². The van der Waals surface area contributed by atoms with Crippen molar-refractivity contribution >= 4 is 0 Å². The van der Waals surface area contributed by atoms with Gasteiger partial charge in [-0.05, 0) is 44.0 Å². The van der Waals surface area contributed by atoms with E-state index in [2.05, 4.69) is 19.9 Å². The Morgan fingerprint density at radius 2 is 1.88 bits per heavy atom. The molecule has 0 aliphatic carbocycles. The van der Waals surface area contributed by atoms with E-state index in [9.17, 15) is 4.39 Å². The Labute approximate surface area is 152 Å². The van der Waals surface area contributed by atoms with Crippen LogP contribution in [0.1, 0.15) is 35.8 Å². The minimum atomic E-state index is -0.190. The predicted molar refractivity (Wildman–Crippen MR) is 97.5 cm³/mol. The zero-order valence-electron chi connectivity index (χ0n) is 14.8. The molecular formula is C20H22FN5. The van der Waals surface area contributed by atoms with Crippen molar-refractivity contribution in [2.24, 2.45) is 0 Å². The molecule has 1 aromatic carbocycles. The van der Waals surface area contributed by atoms with Crippen LogP contribution in [0.2, 0.25) is 0 Å². The number of nitrogens with zero attached hydrogens (tertiary/aromatic N) is 5. The summed E-state index contributed by atoms with van der Waals surface area (Å²) >= 11 is 0. The second-order valence-electron chi connectivity index (χ2n) is 6.81. The van der Waals surface area contributed by atoms with Crippen LogP contribution < -0.4 is 0 Å². The van der Waals surface area contributed by atoms with Crippen LogP contribution in [0.15, 0.2) is 49.1 Å². The average Bonchev–Trinajstić information content (AvgIpc) is 3.10. The zero-order valence-corrected chi connectivity index (χ0v) is 14.8.